The summed E-state index contributed by atoms with van der Waals surface area (Å²) in [6.07, 6.45) is 1.78. The van der Waals surface area contributed by atoms with Crippen LogP contribution in [0.5, 0.6) is 0 Å². The summed E-state index contributed by atoms with van der Waals surface area (Å²) in [5, 5.41) is 0. The van der Waals surface area contributed by atoms with Crippen LogP contribution in [0, 0.1) is 0 Å². The summed E-state index contributed by atoms with van der Waals surface area (Å²) in [5.74, 6) is 0. The fraction of sp³-hybridized carbons (Fsp3) is 0. The molecule has 0 atom stereocenters. The van der Waals surface area contributed by atoms with Gasteiger partial charge >= 0.3 is 78.2 Å². The molecule has 74 valence electrons. The van der Waals surface area contributed by atoms with E-state index < -0.39 is 0 Å². The first-order valence-electron chi connectivity index (χ1n) is 4.13. The molecule has 0 bridgehead atoms. The van der Waals surface area contributed by atoms with E-state index in [2.05, 4.69) is 4.98 Å². The molecule has 0 radical (unpaired) electrons. The maximum Gasteiger partial charge on any atom is -0.870 e. The van der Waals surface area contributed by atoms with E-state index in [0.29, 0.717) is 0 Å². The number of hydrogen-bond acceptors (Lipinski definition) is 3. The van der Waals surface area contributed by atoms with Gasteiger partial charge in [0.1, 0.15) is 0 Å². The van der Waals surface area contributed by atoms with Crippen LogP contribution in [-0.4, -0.2) is 23.8 Å². The van der Waals surface area contributed by atoms with Crippen molar-refractivity contribution in [3.8, 4) is 11.3 Å². The SMILES string of the molecule is [B+2]c1cccc(-c2ccccn2)c1.[OH-].[OH-]. The first kappa shape index (κ1) is 13.4. The zero-order valence-corrected chi connectivity index (χ0v) is 8.04. The van der Waals surface area contributed by atoms with Crippen molar-refractivity contribution in [2.45, 2.75) is 0 Å². The van der Waals surface area contributed by atoms with E-state index in [1.54, 1.807) is 6.20 Å². The van der Waals surface area contributed by atoms with Crippen LogP contribution in [0.1, 0.15) is 0 Å². The molecule has 3 nitrogen and oxygen atoms in total. The Kier molecular flexibility index (Phi) is 5.30. The first-order valence-corrected chi connectivity index (χ1v) is 4.13. The molecule has 1 heterocycles. The Labute approximate surface area is 89.8 Å². The van der Waals surface area contributed by atoms with E-state index in [-0.39, 0.29) is 11.0 Å². The van der Waals surface area contributed by atoms with Gasteiger partial charge in [-0.1, -0.05) is 0 Å². The topological polar surface area (TPSA) is 72.9 Å². The predicted octanol–water partition coefficient (Wildman–Crippen LogP) is 1.19. The van der Waals surface area contributed by atoms with Gasteiger partial charge < -0.3 is 11.0 Å². The summed E-state index contributed by atoms with van der Waals surface area (Å²) < 4.78 is 0. The number of rotatable bonds is 1. The Hall–Kier alpha value is -1.65. The Morgan fingerprint density at radius 2 is 1.73 bits per heavy atom. The summed E-state index contributed by atoms with van der Waals surface area (Å²) in [6, 6.07) is 13.5. The molecule has 0 saturated carbocycles. The molecule has 1 aromatic carbocycles. The van der Waals surface area contributed by atoms with Gasteiger partial charge in [0.2, 0.25) is 0 Å². The maximum atomic E-state index is 5.67. The minimum absolute atomic E-state index is 0. The average Bonchev–Trinajstić information content (AvgIpc) is 2.19. The van der Waals surface area contributed by atoms with E-state index >= 15 is 0 Å². The van der Waals surface area contributed by atoms with Gasteiger partial charge in [0.05, 0.1) is 0 Å². The molecule has 0 unspecified atom stereocenters. The van der Waals surface area contributed by atoms with E-state index in [9.17, 15) is 0 Å². The average molecular weight is 199 g/mol. The van der Waals surface area contributed by atoms with Gasteiger partial charge in [-0.15, -0.1) is 0 Å². The van der Waals surface area contributed by atoms with Crippen LogP contribution in [-0.2, 0) is 0 Å². The summed E-state index contributed by atoms with van der Waals surface area (Å²) in [4.78, 5) is 4.23. The third-order valence-corrected chi connectivity index (χ3v) is 1.85. The molecule has 2 aromatic rings. The van der Waals surface area contributed by atoms with Crippen molar-refractivity contribution in [2.75, 3.05) is 0 Å². The zero-order chi connectivity index (χ0) is 9.10. The second kappa shape index (κ2) is 5.96. The minimum atomic E-state index is 0. The van der Waals surface area contributed by atoms with Crippen molar-refractivity contribution in [1.29, 1.82) is 0 Å². The van der Waals surface area contributed by atoms with Crippen molar-refractivity contribution >= 4 is 13.3 Å². The Morgan fingerprint density at radius 1 is 0.933 bits per heavy atom. The molecule has 0 saturated heterocycles. The number of nitrogens with zero attached hydrogens (tertiary/aromatic N) is 1. The monoisotopic (exact) mass is 199 g/mol. The molecule has 0 aliphatic heterocycles. The minimum Gasteiger partial charge on any atom is -0.870 e. The third-order valence-electron chi connectivity index (χ3n) is 1.85. The number of hydrogen-bond donors (Lipinski definition) is 0. The van der Waals surface area contributed by atoms with Crippen LogP contribution in [0.4, 0.5) is 0 Å². The van der Waals surface area contributed by atoms with E-state index in [0.717, 1.165) is 16.7 Å². The zero-order valence-electron chi connectivity index (χ0n) is 8.04. The van der Waals surface area contributed by atoms with E-state index in [1.807, 2.05) is 42.5 Å². The van der Waals surface area contributed by atoms with Crippen molar-refractivity contribution in [3.05, 3.63) is 48.7 Å². The van der Waals surface area contributed by atoms with Crippen molar-refractivity contribution in [2.24, 2.45) is 0 Å². The first-order chi connectivity index (χ1) is 6.36. The summed E-state index contributed by atoms with van der Waals surface area (Å²) in [5.41, 5.74) is 2.78. The summed E-state index contributed by atoms with van der Waals surface area (Å²) in [7, 11) is 5.67. The second-order valence-electron chi connectivity index (χ2n) is 2.84. The molecule has 4 heteroatoms. The van der Waals surface area contributed by atoms with Gasteiger partial charge in [-0.3, -0.25) is 0 Å². The van der Waals surface area contributed by atoms with Crippen LogP contribution in [0.3, 0.4) is 0 Å². The molecule has 15 heavy (non-hydrogen) atoms. The normalized spacial score (nSPS) is 8.67. The van der Waals surface area contributed by atoms with Crippen LogP contribution in [0.15, 0.2) is 48.7 Å². The van der Waals surface area contributed by atoms with Gasteiger partial charge in [0, 0.05) is 0 Å². The quantitative estimate of drug-likeness (QED) is 0.647. The third kappa shape index (κ3) is 3.20. The van der Waals surface area contributed by atoms with Gasteiger partial charge in [0.25, 0.3) is 0 Å². The van der Waals surface area contributed by atoms with Gasteiger partial charge in [-0.25, -0.2) is 0 Å². The predicted molar refractivity (Wildman–Crippen MR) is 58.9 cm³/mol. The molecular weight excluding hydrogens is 189 g/mol. The van der Waals surface area contributed by atoms with Crippen LogP contribution < -0.4 is 5.46 Å². The van der Waals surface area contributed by atoms with E-state index in [1.165, 1.54) is 0 Å². The molecule has 1 aromatic heterocycles. The molecule has 2 rings (SSSR count). The van der Waals surface area contributed by atoms with Gasteiger partial charge in [-0.2, -0.15) is 0 Å². The fourth-order valence-corrected chi connectivity index (χ4v) is 1.23. The number of pyridine rings is 1. The van der Waals surface area contributed by atoms with Crippen molar-refractivity contribution < 1.29 is 11.0 Å². The van der Waals surface area contributed by atoms with Crippen molar-refractivity contribution in [1.82, 2.24) is 4.98 Å². The van der Waals surface area contributed by atoms with Crippen LogP contribution in [0.25, 0.3) is 11.3 Å². The van der Waals surface area contributed by atoms with Crippen LogP contribution >= 0.6 is 0 Å². The second-order valence-corrected chi connectivity index (χ2v) is 2.84. The molecule has 0 fully saturated rings. The molecule has 0 spiro atoms. The maximum absolute atomic E-state index is 5.67. The van der Waals surface area contributed by atoms with Gasteiger partial charge in [-0.05, 0) is 0 Å². The van der Waals surface area contributed by atoms with Crippen LogP contribution in [0.2, 0.25) is 0 Å². The Morgan fingerprint density at radius 3 is 2.33 bits per heavy atom. The molecule has 0 aliphatic rings. The molecular formula is C11H10BNO2. The largest absolute Gasteiger partial charge is 0.870 e. The fourth-order valence-electron chi connectivity index (χ4n) is 1.23. The summed E-state index contributed by atoms with van der Waals surface area (Å²) in [6.45, 7) is 0. The molecule has 0 aliphatic carbocycles. The smallest absolute Gasteiger partial charge is 0.870 e. The number of benzene rings is 1. The Bertz CT molecular complexity index is 406. The van der Waals surface area contributed by atoms with Crippen molar-refractivity contribution in [3.63, 3.8) is 0 Å². The number of aromatic nitrogens is 1. The van der Waals surface area contributed by atoms with E-state index in [4.69, 9.17) is 7.85 Å². The van der Waals surface area contributed by atoms with Gasteiger partial charge in [0.15, 0.2) is 0 Å². The Balaban J connectivity index is 0.000000980. The molecule has 0 amide bonds. The standard InChI is InChI=1S/C11H8BN.2H2O/c12-10-5-3-4-9(8-10)11-6-1-2-7-13-11;;/h1-8H;2*1H2/q+2;;/p-2. The molecule has 2 N–H and O–H groups in total. The summed E-state index contributed by atoms with van der Waals surface area (Å²) >= 11 is 0.